The SMILES string of the molecule is COC(=O)c1nc(Cl)c2cc(Br)c(OC)cc2n1. The number of carbonyl (C=O) groups excluding carboxylic acids is 1. The first-order valence-corrected chi connectivity index (χ1v) is 6.03. The fraction of sp³-hybridized carbons (Fsp3) is 0.182. The third kappa shape index (κ3) is 2.26. The molecule has 2 aromatic rings. The Labute approximate surface area is 116 Å². The molecule has 0 spiro atoms. The Morgan fingerprint density at radius 1 is 1.33 bits per heavy atom. The Morgan fingerprint density at radius 3 is 2.67 bits per heavy atom. The first-order chi connectivity index (χ1) is 8.56. The highest BCUT2D eigenvalue weighted by Crippen LogP contribution is 2.32. The van der Waals surface area contributed by atoms with E-state index >= 15 is 0 Å². The molecule has 1 aromatic carbocycles. The van der Waals surface area contributed by atoms with Crippen molar-refractivity contribution in [1.29, 1.82) is 0 Å². The van der Waals surface area contributed by atoms with E-state index in [0.29, 0.717) is 16.7 Å². The second-order valence-corrected chi connectivity index (χ2v) is 4.55. The van der Waals surface area contributed by atoms with E-state index < -0.39 is 5.97 Å². The Kier molecular flexibility index (Phi) is 3.68. The van der Waals surface area contributed by atoms with Gasteiger partial charge in [0.25, 0.3) is 0 Å². The standard InChI is InChI=1S/C11H8BrClN2O3/c1-17-8-4-7-5(3-6(8)12)9(13)15-10(14-7)11(16)18-2/h3-4H,1-2H3. The number of hydrogen-bond acceptors (Lipinski definition) is 5. The summed E-state index contributed by atoms with van der Waals surface area (Å²) in [6.45, 7) is 0. The molecule has 0 saturated heterocycles. The van der Waals surface area contributed by atoms with E-state index in [1.165, 1.54) is 14.2 Å². The third-order valence-electron chi connectivity index (χ3n) is 2.29. The summed E-state index contributed by atoms with van der Waals surface area (Å²) in [5.41, 5.74) is 0.510. The van der Waals surface area contributed by atoms with Gasteiger partial charge in [0.2, 0.25) is 5.82 Å². The molecule has 0 saturated carbocycles. The van der Waals surface area contributed by atoms with Crippen molar-refractivity contribution in [3.63, 3.8) is 0 Å². The summed E-state index contributed by atoms with van der Waals surface area (Å²) in [4.78, 5) is 19.4. The van der Waals surface area contributed by atoms with E-state index in [1.54, 1.807) is 12.1 Å². The number of aromatic nitrogens is 2. The molecule has 0 amide bonds. The monoisotopic (exact) mass is 330 g/mol. The van der Waals surface area contributed by atoms with Crippen molar-refractivity contribution in [2.75, 3.05) is 14.2 Å². The molecule has 0 aliphatic heterocycles. The number of methoxy groups -OCH3 is 2. The van der Waals surface area contributed by atoms with E-state index in [0.717, 1.165) is 4.47 Å². The number of ether oxygens (including phenoxy) is 2. The van der Waals surface area contributed by atoms with Crippen LogP contribution in [0.2, 0.25) is 5.15 Å². The summed E-state index contributed by atoms with van der Waals surface area (Å²) < 4.78 is 10.4. The van der Waals surface area contributed by atoms with E-state index in [1.807, 2.05) is 0 Å². The molecule has 18 heavy (non-hydrogen) atoms. The molecule has 1 aromatic heterocycles. The van der Waals surface area contributed by atoms with Crippen LogP contribution in [-0.2, 0) is 4.74 Å². The molecule has 0 fully saturated rings. The average molecular weight is 332 g/mol. The number of benzene rings is 1. The van der Waals surface area contributed by atoms with Crippen LogP contribution in [0.5, 0.6) is 5.75 Å². The minimum atomic E-state index is -0.638. The Hall–Kier alpha value is -1.40. The normalized spacial score (nSPS) is 10.4. The second kappa shape index (κ2) is 5.07. The van der Waals surface area contributed by atoms with Crippen LogP contribution < -0.4 is 4.74 Å². The summed E-state index contributed by atoms with van der Waals surface area (Å²) in [6.07, 6.45) is 0. The molecule has 5 nitrogen and oxygen atoms in total. The summed E-state index contributed by atoms with van der Waals surface area (Å²) in [6, 6.07) is 3.40. The zero-order valence-electron chi connectivity index (χ0n) is 9.53. The van der Waals surface area contributed by atoms with E-state index in [-0.39, 0.29) is 11.0 Å². The molecule has 0 N–H and O–H groups in total. The van der Waals surface area contributed by atoms with E-state index in [2.05, 4.69) is 30.6 Å². The maximum Gasteiger partial charge on any atom is 0.376 e. The van der Waals surface area contributed by atoms with Crippen molar-refractivity contribution in [1.82, 2.24) is 9.97 Å². The first kappa shape index (κ1) is 13.0. The van der Waals surface area contributed by atoms with E-state index in [9.17, 15) is 4.79 Å². The number of nitrogens with zero attached hydrogens (tertiary/aromatic N) is 2. The number of halogens is 2. The van der Waals surface area contributed by atoms with Crippen molar-refractivity contribution in [3.8, 4) is 5.75 Å². The number of hydrogen-bond donors (Lipinski definition) is 0. The van der Waals surface area contributed by atoms with Gasteiger partial charge in [-0.3, -0.25) is 0 Å². The van der Waals surface area contributed by atoms with Gasteiger partial charge in [-0.15, -0.1) is 0 Å². The van der Waals surface area contributed by atoms with Crippen molar-refractivity contribution in [3.05, 3.63) is 27.6 Å². The Balaban J connectivity index is 2.71. The number of esters is 1. The minimum absolute atomic E-state index is 0.0839. The Morgan fingerprint density at radius 2 is 2.06 bits per heavy atom. The molecule has 0 radical (unpaired) electrons. The van der Waals surface area contributed by atoms with Crippen LogP contribution in [0.25, 0.3) is 10.9 Å². The smallest absolute Gasteiger partial charge is 0.376 e. The van der Waals surface area contributed by atoms with Gasteiger partial charge in [-0.05, 0) is 22.0 Å². The minimum Gasteiger partial charge on any atom is -0.495 e. The summed E-state index contributed by atoms with van der Waals surface area (Å²) in [7, 11) is 2.79. The molecule has 0 bridgehead atoms. The molecule has 0 aliphatic rings. The zero-order valence-corrected chi connectivity index (χ0v) is 11.9. The van der Waals surface area contributed by atoms with Crippen LogP contribution >= 0.6 is 27.5 Å². The molecule has 7 heteroatoms. The number of carbonyl (C=O) groups is 1. The average Bonchev–Trinajstić information content (AvgIpc) is 2.37. The van der Waals surface area contributed by atoms with Crippen molar-refractivity contribution < 1.29 is 14.3 Å². The lowest BCUT2D eigenvalue weighted by atomic mass is 10.2. The molecular formula is C11H8BrClN2O3. The van der Waals surface area contributed by atoms with Gasteiger partial charge < -0.3 is 9.47 Å². The lowest BCUT2D eigenvalue weighted by molar-refractivity contribution is 0.0587. The van der Waals surface area contributed by atoms with Gasteiger partial charge in [-0.25, -0.2) is 14.8 Å². The number of fused-ring (bicyclic) bond motifs is 1. The van der Waals surface area contributed by atoms with Gasteiger partial charge in [0.1, 0.15) is 10.9 Å². The Bertz CT molecular complexity index is 633. The van der Waals surface area contributed by atoms with Gasteiger partial charge in [-0.2, -0.15) is 0 Å². The van der Waals surface area contributed by atoms with Gasteiger partial charge in [0.05, 0.1) is 24.2 Å². The fourth-order valence-corrected chi connectivity index (χ4v) is 2.17. The molecule has 0 aliphatic carbocycles. The highest BCUT2D eigenvalue weighted by molar-refractivity contribution is 9.10. The molecule has 0 unspecified atom stereocenters. The largest absolute Gasteiger partial charge is 0.495 e. The van der Waals surface area contributed by atoms with Crippen LogP contribution in [-0.4, -0.2) is 30.2 Å². The molecule has 1 heterocycles. The molecule has 0 atom stereocenters. The third-order valence-corrected chi connectivity index (χ3v) is 3.20. The summed E-state index contributed by atoms with van der Waals surface area (Å²) in [5.74, 6) is -0.131. The topological polar surface area (TPSA) is 61.3 Å². The molecule has 94 valence electrons. The highest BCUT2D eigenvalue weighted by Gasteiger charge is 2.15. The van der Waals surface area contributed by atoms with Crippen molar-refractivity contribution in [2.24, 2.45) is 0 Å². The molecule has 2 rings (SSSR count). The maximum atomic E-state index is 11.4. The van der Waals surface area contributed by atoms with Gasteiger partial charge in [0, 0.05) is 11.5 Å². The van der Waals surface area contributed by atoms with Crippen LogP contribution in [0.15, 0.2) is 16.6 Å². The summed E-state index contributed by atoms with van der Waals surface area (Å²) >= 11 is 9.35. The molecular weight excluding hydrogens is 323 g/mol. The zero-order chi connectivity index (χ0) is 13.3. The highest BCUT2D eigenvalue weighted by atomic mass is 79.9. The van der Waals surface area contributed by atoms with Crippen LogP contribution in [0.1, 0.15) is 10.6 Å². The lowest BCUT2D eigenvalue weighted by Gasteiger charge is -2.07. The van der Waals surface area contributed by atoms with Gasteiger partial charge in [-0.1, -0.05) is 11.6 Å². The predicted molar refractivity (Wildman–Crippen MR) is 70.1 cm³/mol. The predicted octanol–water partition coefficient (Wildman–Crippen LogP) is 2.84. The van der Waals surface area contributed by atoms with Crippen LogP contribution in [0.4, 0.5) is 0 Å². The van der Waals surface area contributed by atoms with Gasteiger partial charge in [0.15, 0.2) is 0 Å². The van der Waals surface area contributed by atoms with Gasteiger partial charge >= 0.3 is 5.97 Å². The van der Waals surface area contributed by atoms with Crippen molar-refractivity contribution in [2.45, 2.75) is 0 Å². The summed E-state index contributed by atoms with van der Waals surface area (Å²) in [5, 5.41) is 0.806. The van der Waals surface area contributed by atoms with E-state index in [4.69, 9.17) is 16.3 Å². The van der Waals surface area contributed by atoms with Crippen LogP contribution in [0.3, 0.4) is 0 Å². The number of rotatable bonds is 2. The maximum absolute atomic E-state index is 11.4. The first-order valence-electron chi connectivity index (χ1n) is 4.86. The second-order valence-electron chi connectivity index (χ2n) is 3.33. The lowest BCUT2D eigenvalue weighted by Crippen LogP contribution is -2.07. The fourth-order valence-electron chi connectivity index (χ4n) is 1.43. The quantitative estimate of drug-likeness (QED) is 0.625. The van der Waals surface area contributed by atoms with Crippen LogP contribution in [0, 0.1) is 0 Å². The van der Waals surface area contributed by atoms with Crippen molar-refractivity contribution >= 4 is 44.4 Å².